The SMILES string of the molecule is CCNC(=O)COc1ccc(NC(=O)c2snnc2CC)cc1. The van der Waals surface area contributed by atoms with Crippen LogP contribution < -0.4 is 15.4 Å². The van der Waals surface area contributed by atoms with Crippen molar-refractivity contribution in [2.24, 2.45) is 0 Å². The van der Waals surface area contributed by atoms with Crippen molar-refractivity contribution in [2.75, 3.05) is 18.5 Å². The first kappa shape index (κ1) is 16.9. The van der Waals surface area contributed by atoms with E-state index in [9.17, 15) is 9.59 Å². The van der Waals surface area contributed by atoms with E-state index >= 15 is 0 Å². The fraction of sp³-hybridized carbons (Fsp3) is 0.333. The molecule has 2 rings (SSSR count). The van der Waals surface area contributed by atoms with Gasteiger partial charge < -0.3 is 15.4 Å². The van der Waals surface area contributed by atoms with Crippen molar-refractivity contribution in [2.45, 2.75) is 20.3 Å². The molecule has 1 heterocycles. The summed E-state index contributed by atoms with van der Waals surface area (Å²) in [6.07, 6.45) is 0.659. The standard InChI is InChI=1S/C15H18N4O3S/c1-3-12-14(23-19-18-12)15(21)17-10-5-7-11(8-6-10)22-9-13(20)16-4-2/h5-8H,3-4,9H2,1-2H3,(H,16,20)(H,17,21). The lowest BCUT2D eigenvalue weighted by Crippen LogP contribution is -2.28. The lowest BCUT2D eigenvalue weighted by atomic mass is 10.2. The second kappa shape index (κ2) is 8.23. The predicted molar refractivity (Wildman–Crippen MR) is 87.9 cm³/mol. The summed E-state index contributed by atoms with van der Waals surface area (Å²) in [6, 6.07) is 6.82. The number of carbonyl (C=O) groups is 2. The summed E-state index contributed by atoms with van der Waals surface area (Å²) in [5, 5.41) is 9.35. The quantitative estimate of drug-likeness (QED) is 0.806. The number of aromatic nitrogens is 2. The summed E-state index contributed by atoms with van der Waals surface area (Å²) in [4.78, 5) is 24.0. The summed E-state index contributed by atoms with van der Waals surface area (Å²) in [6.45, 7) is 4.30. The van der Waals surface area contributed by atoms with E-state index in [2.05, 4.69) is 20.2 Å². The molecule has 122 valence electrons. The number of nitrogens with one attached hydrogen (secondary N) is 2. The van der Waals surface area contributed by atoms with E-state index in [4.69, 9.17) is 4.74 Å². The van der Waals surface area contributed by atoms with Crippen LogP contribution in [0.3, 0.4) is 0 Å². The average Bonchev–Trinajstić information content (AvgIpc) is 3.03. The van der Waals surface area contributed by atoms with Crippen LogP contribution in [0.2, 0.25) is 0 Å². The van der Waals surface area contributed by atoms with Crippen LogP contribution in [0.15, 0.2) is 24.3 Å². The molecule has 0 atom stereocenters. The Kier molecular flexibility index (Phi) is 6.04. The van der Waals surface area contributed by atoms with Gasteiger partial charge in [0.1, 0.15) is 10.6 Å². The molecule has 0 saturated carbocycles. The molecule has 0 radical (unpaired) electrons. The third-order valence-electron chi connectivity index (χ3n) is 2.95. The van der Waals surface area contributed by atoms with Crippen LogP contribution in [-0.2, 0) is 11.2 Å². The van der Waals surface area contributed by atoms with E-state index in [1.807, 2.05) is 13.8 Å². The van der Waals surface area contributed by atoms with Crippen molar-refractivity contribution in [3.63, 3.8) is 0 Å². The number of ether oxygens (including phenoxy) is 1. The van der Waals surface area contributed by atoms with Crippen molar-refractivity contribution < 1.29 is 14.3 Å². The number of aryl methyl sites for hydroxylation is 1. The molecule has 1 aromatic carbocycles. The molecule has 0 aliphatic heterocycles. The summed E-state index contributed by atoms with van der Waals surface area (Å²) in [5.74, 6) is 0.158. The second-order valence-electron chi connectivity index (χ2n) is 4.62. The number of hydrogen-bond acceptors (Lipinski definition) is 6. The number of anilines is 1. The predicted octanol–water partition coefficient (Wildman–Crippen LogP) is 1.87. The lowest BCUT2D eigenvalue weighted by Gasteiger charge is -2.08. The van der Waals surface area contributed by atoms with Gasteiger partial charge in [0.05, 0.1) is 5.69 Å². The van der Waals surface area contributed by atoms with E-state index in [1.165, 1.54) is 0 Å². The van der Waals surface area contributed by atoms with Crippen LogP contribution in [0.5, 0.6) is 5.75 Å². The monoisotopic (exact) mass is 334 g/mol. The Morgan fingerprint density at radius 1 is 1.22 bits per heavy atom. The minimum absolute atomic E-state index is 0.0358. The maximum absolute atomic E-state index is 12.2. The molecule has 0 aliphatic carbocycles. The first-order valence-electron chi connectivity index (χ1n) is 7.26. The fourth-order valence-electron chi connectivity index (χ4n) is 1.83. The summed E-state index contributed by atoms with van der Waals surface area (Å²) >= 11 is 1.08. The molecule has 0 fully saturated rings. The Labute approximate surface area is 138 Å². The van der Waals surface area contributed by atoms with E-state index < -0.39 is 0 Å². The molecule has 0 unspecified atom stereocenters. The Balaban J connectivity index is 1.92. The molecule has 2 aromatic rings. The number of rotatable bonds is 7. The van der Waals surface area contributed by atoms with Crippen molar-refractivity contribution in [3.8, 4) is 5.75 Å². The zero-order valence-electron chi connectivity index (χ0n) is 13.0. The van der Waals surface area contributed by atoms with Gasteiger partial charge in [-0.25, -0.2) is 0 Å². The van der Waals surface area contributed by atoms with Gasteiger partial charge in [0.2, 0.25) is 0 Å². The van der Waals surface area contributed by atoms with Gasteiger partial charge >= 0.3 is 0 Å². The summed E-state index contributed by atoms with van der Waals surface area (Å²) < 4.78 is 9.15. The lowest BCUT2D eigenvalue weighted by molar-refractivity contribution is -0.122. The molecule has 23 heavy (non-hydrogen) atoms. The molecular weight excluding hydrogens is 316 g/mol. The van der Waals surface area contributed by atoms with Gasteiger partial charge in [0.15, 0.2) is 6.61 Å². The van der Waals surface area contributed by atoms with Crippen LogP contribution in [0.1, 0.15) is 29.2 Å². The van der Waals surface area contributed by atoms with Crippen molar-refractivity contribution in [1.29, 1.82) is 0 Å². The van der Waals surface area contributed by atoms with Crippen LogP contribution in [0.4, 0.5) is 5.69 Å². The smallest absolute Gasteiger partial charge is 0.269 e. The minimum Gasteiger partial charge on any atom is -0.484 e. The Morgan fingerprint density at radius 2 is 1.96 bits per heavy atom. The minimum atomic E-state index is -0.229. The molecule has 7 nitrogen and oxygen atoms in total. The Morgan fingerprint density at radius 3 is 2.61 bits per heavy atom. The highest BCUT2D eigenvalue weighted by molar-refractivity contribution is 7.08. The van der Waals surface area contributed by atoms with Gasteiger partial charge in [-0.2, -0.15) is 0 Å². The highest BCUT2D eigenvalue weighted by Crippen LogP contribution is 2.18. The van der Waals surface area contributed by atoms with Gasteiger partial charge in [-0.1, -0.05) is 11.4 Å². The number of carbonyl (C=O) groups excluding carboxylic acids is 2. The second-order valence-corrected chi connectivity index (χ2v) is 5.38. The number of benzene rings is 1. The summed E-state index contributed by atoms with van der Waals surface area (Å²) in [7, 11) is 0. The molecular formula is C15H18N4O3S. The van der Waals surface area contributed by atoms with Crippen LogP contribution >= 0.6 is 11.5 Å². The fourth-order valence-corrected chi connectivity index (χ4v) is 2.48. The van der Waals surface area contributed by atoms with Crippen LogP contribution in [0, 0.1) is 0 Å². The molecule has 0 spiro atoms. The number of amides is 2. The maximum Gasteiger partial charge on any atom is 0.269 e. The van der Waals surface area contributed by atoms with Gasteiger partial charge in [-0.3, -0.25) is 9.59 Å². The third kappa shape index (κ3) is 4.75. The zero-order chi connectivity index (χ0) is 16.7. The van der Waals surface area contributed by atoms with Crippen molar-refractivity contribution >= 4 is 29.0 Å². The Bertz CT molecular complexity index is 670. The van der Waals surface area contributed by atoms with Crippen LogP contribution in [-0.4, -0.2) is 34.6 Å². The van der Waals surface area contributed by atoms with Gasteiger partial charge in [-0.05, 0) is 49.1 Å². The van der Waals surface area contributed by atoms with Gasteiger partial charge in [-0.15, -0.1) is 5.10 Å². The van der Waals surface area contributed by atoms with E-state index in [-0.39, 0.29) is 18.4 Å². The topological polar surface area (TPSA) is 93.2 Å². The molecule has 1 aromatic heterocycles. The van der Waals surface area contributed by atoms with E-state index in [1.54, 1.807) is 24.3 Å². The molecule has 0 aliphatic rings. The first-order chi connectivity index (χ1) is 11.1. The first-order valence-corrected chi connectivity index (χ1v) is 8.03. The highest BCUT2D eigenvalue weighted by Gasteiger charge is 2.15. The number of hydrogen-bond donors (Lipinski definition) is 2. The molecule has 2 amide bonds. The molecule has 2 N–H and O–H groups in total. The van der Waals surface area contributed by atoms with Crippen molar-refractivity contribution in [1.82, 2.24) is 14.9 Å². The maximum atomic E-state index is 12.2. The molecule has 0 saturated heterocycles. The Hall–Kier alpha value is -2.48. The highest BCUT2D eigenvalue weighted by atomic mass is 32.1. The normalized spacial score (nSPS) is 10.2. The molecule has 0 bridgehead atoms. The average molecular weight is 334 g/mol. The van der Waals surface area contributed by atoms with Crippen LogP contribution in [0.25, 0.3) is 0 Å². The molecule has 8 heteroatoms. The largest absolute Gasteiger partial charge is 0.484 e. The van der Waals surface area contributed by atoms with Crippen molar-refractivity contribution in [3.05, 3.63) is 34.8 Å². The van der Waals surface area contributed by atoms with Gasteiger partial charge in [0, 0.05) is 12.2 Å². The van der Waals surface area contributed by atoms with E-state index in [0.29, 0.717) is 35.0 Å². The third-order valence-corrected chi connectivity index (χ3v) is 3.72. The number of nitrogens with zero attached hydrogens (tertiary/aromatic N) is 2. The van der Waals surface area contributed by atoms with E-state index in [0.717, 1.165) is 11.5 Å². The summed E-state index contributed by atoms with van der Waals surface area (Å²) in [5.41, 5.74) is 1.32. The number of likely N-dealkylation sites (N-methyl/N-ethyl adjacent to an activating group) is 1. The zero-order valence-corrected chi connectivity index (χ0v) is 13.8. The van der Waals surface area contributed by atoms with Gasteiger partial charge in [0.25, 0.3) is 11.8 Å².